The van der Waals surface area contributed by atoms with Gasteiger partial charge in [0.15, 0.2) is 0 Å². The molecule has 72 valence electrons. The van der Waals surface area contributed by atoms with E-state index in [1.165, 1.54) is 5.57 Å². The molecule has 1 N–H and O–H groups in total. The molecule has 2 aliphatic carbocycles. The van der Waals surface area contributed by atoms with Crippen LogP contribution >= 0.6 is 0 Å². The van der Waals surface area contributed by atoms with Gasteiger partial charge in [0.2, 0.25) is 0 Å². The highest BCUT2D eigenvalue weighted by Crippen LogP contribution is 2.37. The Bertz CT molecular complexity index is 357. The molecule has 2 nitrogen and oxygen atoms in total. The largest absolute Gasteiger partial charge is 0.508 e. The molecule has 0 saturated heterocycles. The molecule has 0 saturated carbocycles. The van der Waals surface area contributed by atoms with Gasteiger partial charge in [-0.15, -0.1) is 0 Å². The van der Waals surface area contributed by atoms with Gasteiger partial charge in [-0.05, 0) is 30.9 Å². The predicted molar refractivity (Wildman–Crippen MR) is 54.4 cm³/mol. The average molecular weight is 187 g/mol. The lowest BCUT2D eigenvalue weighted by molar-refractivity contribution is 0.391. The molecule has 2 aliphatic rings. The molecule has 0 aromatic carbocycles. The molecule has 0 aliphatic heterocycles. The Morgan fingerprint density at radius 2 is 2.43 bits per heavy atom. The number of nitrogens with zero attached hydrogens (tertiary/aromatic N) is 1. The van der Waals surface area contributed by atoms with E-state index >= 15 is 0 Å². The molecular formula is C12H13NO. The lowest BCUT2D eigenvalue weighted by Crippen LogP contribution is -2.19. The third-order valence-electron chi connectivity index (χ3n) is 2.94. The van der Waals surface area contributed by atoms with Crippen LogP contribution in [0.3, 0.4) is 0 Å². The fourth-order valence-corrected chi connectivity index (χ4v) is 2.24. The summed E-state index contributed by atoms with van der Waals surface area (Å²) in [4.78, 5) is 0. The van der Waals surface area contributed by atoms with Crippen LogP contribution in [0.25, 0.3) is 0 Å². The normalized spacial score (nSPS) is 29.9. The summed E-state index contributed by atoms with van der Waals surface area (Å²) in [5.74, 6) is 1.07. The highest BCUT2D eigenvalue weighted by atomic mass is 16.3. The second-order valence-corrected chi connectivity index (χ2v) is 3.83. The van der Waals surface area contributed by atoms with Crippen LogP contribution < -0.4 is 0 Å². The minimum absolute atomic E-state index is 0.258. The minimum atomic E-state index is 0.258. The molecule has 14 heavy (non-hydrogen) atoms. The Labute approximate surface area is 83.9 Å². The second kappa shape index (κ2) is 3.71. The number of hydrogen-bond acceptors (Lipinski definition) is 2. The van der Waals surface area contributed by atoms with E-state index in [1.807, 2.05) is 6.08 Å². The van der Waals surface area contributed by atoms with Crippen molar-refractivity contribution in [1.82, 2.24) is 0 Å². The van der Waals surface area contributed by atoms with Gasteiger partial charge in [0, 0.05) is 5.92 Å². The molecular weight excluding hydrogens is 174 g/mol. The van der Waals surface area contributed by atoms with E-state index in [0.717, 1.165) is 12.8 Å². The summed E-state index contributed by atoms with van der Waals surface area (Å²) in [7, 11) is 0. The van der Waals surface area contributed by atoms with Crippen LogP contribution in [-0.2, 0) is 0 Å². The van der Waals surface area contributed by atoms with Gasteiger partial charge in [-0.1, -0.05) is 17.7 Å². The van der Waals surface area contributed by atoms with Gasteiger partial charge < -0.3 is 5.11 Å². The number of aliphatic hydroxyl groups excluding tert-OH is 1. The summed E-state index contributed by atoms with van der Waals surface area (Å²) >= 11 is 0. The maximum atomic E-state index is 9.40. The van der Waals surface area contributed by atoms with Gasteiger partial charge in [-0.2, -0.15) is 5.26 Å². The number of nitriles is 1. The first-order chi connectivity index (χ1) is 6.81. The van der Waals surface area contributed by atoms with Gasteiger partial charge in [0.05, 0.1) is 12.5 Å². The molecule has 0 fully saturated rings. The minimum Gasteiger partial charge on any atom is -0.508 e. The molecule has 0 spiro atoms. The lowest BCUT2D eigenvalue weighted by Gasteiger charge is -2.29. The van der Waals surface area contributed by atoms with E-state index in [-0.39, 0.29) is 5.92 Å². The smallest absolute Gasteiger partial charge is 0.111 e. The zero-order valence-corrected chi connectivity index (χ0v) is 7.98. The van der Waals surface area contributed by atoms with E-state index in [2.05, 4.69) is 18.2 Å². The summed E-state index contributed by atoms with van der Waals surface area (Å²) in [6.45, 7) is 0. The topological polar surface area (TPSA) is 44.0 Å². The summed E-state index contributed by atoms with van der Waals surface area (Å²) in [6.07, 6.45) is 10.5. The van der Waals surface area contributed by atoms with Crippen molar-refractivity contribution in [2.45, 2.75) is 19.3 Å². The number of aliphatic hydroxyl groups is 1. The van der Waals surface area contributed by atoms with E-state index in [9.17, 15) is 5.11 Å². The summed E-state index contributed by atoms with van der Waals surface area (Å²) in [5, 5.41) is 18.1. The van der Waals surface area contributed by atoms with E-state index < -0.39 is 0 Å². The summed E-state index contributed by atoms with van der Waals surface area (Å²) in [6, 6.07) is 2.18. The molecule has 0 bridgehead atoms. The second-order valence-electron chi connectivity index (χ2n) is 3.83. The van der Waals surface area contributed by atoms with Crippen molar-refractivity contribution in [3.63, 3.8) is 0 Å². The fourth-order valence-electron chi connectivity index (χ4n) is 2.24. The quantitative estimate of drug-likeness (QED) is 0.641. The van der Waals surface area contributed by atoms with Crippen LogP contribution in [0.1, 0.15) is 19.3 Å². The Morgan fingerprint density at radius 1 is 1.57 bits per heavy atom. The Balaban J connectivity index is 2.25. The first-order valence-electron chi connectivity index (χ1n) is 4.96. The molecule has 0 heterocycles. The summed E-state index contributed by atoms with van der Waals surface area (Å²) in [5.41, 5.74) is 1.17. The zero-order valence-electron chi connectivity index (χ0n) is 7.98. The van der Waals surface area contributed by atoms with Crippen molar-refractivity contribution in [3.05, 3.63) is 35.6 Å². The molecule has 0 aromatic heterocycles. The highest BCUT2D eigenvalue weighted by Gasteiger charge is 2.26. The number of rotatable bonds is 1. The molecule has 2 rings (SSSR count). The predicted octanol–water partition coefficient (Wildman–Crippen LogP) is 2.86. The first-order valence-corrected chi connectivity index (χ1v) is 4.96. The molecule has 2 heteroatoms. The van der Waals surface area contributed by atoms with Crippen LogP contribution in [0.15, 0.2) is 35.6 Å². The molecule has 0 amide bonds. The van der Waals surface area contributed by atoms with Crippen LogP contribution in [0, 0.1) is 23.2 Å². The van der Waals surface area contributed by atoms with Crippen molar-refractivity contribution in [1.29, 1.82) is 5.26 Å². The third kappa shape index (κ3) is 1.58. The molecule has 2 unspecified atom stereocenters. The van der Waals surface area contributed by atoms with Gasteiger partial charge in [-0.3, -0.25) is 0 Å². The van der Waals surface area contributed by atoms with Gasteiger partial charge >= 0.3 is 0 Å². The first kappa shape index (κ1) is 9.08. The highest BCUT2D eigenvalue weighted by molar-refractivity contribution is 5.30. The molecule has 0 radical (unpaired) electrons. The van der Waals surface area contributed by atoms with Crippen LogP contribution in [0.5, 0.6) is 0 Å². The number of hydrogen-bond donors (Lipinski definition) is 1. The van der Waals surface area contributed by atoms with E-state index in [4.69, 9.17) is 5.26 Å². The maximum Gasteiger partial charge on any atom is 0.111 e. The van der Waals surface area contributed by atoms with Crippen LogP contribution in [-0.4, -0.2) is 5.11 Å². The molecule has 0 aromatic rings. The van der Waals surface area contributed by atoms with Crippen molar-refractivity contribution in [2.75, 3.05) is 0 Å². The van der Waals surface area contributed by atoms with Crippen molar-refractivity contribution in [2.24, 2.45) is 11.8 Å². The van der Waals surface area contributed by atoms with Crippen molar-refractivity contribution in [3.8, 4) is 6.07 Å². The van der Waals surface area contributed by atoms with E-state index in [1.54, 1.807) is 6.08 Å². The number of fused-ring (bicyclic) bond motifs is 1. The lowest BCUT2D eigenvalue weighted by atomic mass is 9.75. The Hall–Kier alpha value is -1.49. The van der Waals surface area contributed by atoms with Gasteiger partial charge in [0.25, 0.3) is 0 Å². The van der Waals surface area contributed by atoms with Crippen LogP contribution in [0.2, 0.25) is 0 Å². The fraction of sp³-hybridized carbons (Fsp3) is 0.417. The summed E-state index contributed by atoms with van der Waals surface area (Å²) < 4.78 is 0. The standard InChI is InChI=1S/C12H13NO/c13-7-6-10-3-1-2-9-4-5-11(14)8-12(9)10/h3-5,8-9,12,14H,1-2,6H2. The third-order valence-corrected chi connectivity index (χ3v) is 2.94. The zero-order chi connectivity index (χ0) is 9.97. The van der Waals surface area contributed by atoms with Gasteiger partial charge in [0.1, 0.15) is 5.76 Å². The van der Waals surface area contributed by atoms with Gasteiger partial charge in [-0.25, -0.2) is 0 Å². The van der Waals surface area contributed by atoms with Crippen molar-refractivity contribution >= 4 is 0 Å². The molecule has 2 atom stereocenters. The monoisotopic (exact) mass is 187 g/mol. The average Bonchev–Trinajstić information content (AvgIpc) is 2.19. The van der Waals surface area contributed by atoms with Crippen LogP contribution in [0.4, 0.5) is 0 Å². The SMILES string of the molecule is N#CCC1=CCCC2C=CC(O)=CC12. The Morgan fingerprint density at radius 3 is 3.21 bits per heavy atom. The van der Waals surface area contributed by atoms with E-state index in [0.29, 0.717) is 18.1 Å². The maximum absolute atomic E-state index is 9.40. The van der Waals surface area contributed by atoms with Crippen molar-refractivity contribution < 1.29 is 5.11 Å². The number of allylic oxidation sites excluding steroid dienone is 5. The Kier molecular flexibility index (Phi) is 2.41.